The van der Waals surface area contributed by atoms with E-state index in [0.29, 0.717) is 17.4 Å². The van der Waals surface area contributed by atoms with Gasteiger partial charge in [0.15, 0.2) is 0 Å². The molecule has 2 rings (SSSR count). The van der Waals surface area contributed by atoms with Crippen molar-refractivity contribution < 1.29 is 8.42 Å². The van der Waals surface area contributed by atoms with Gasteiger partial charge in [-0.25, -0.2) is 8.42 Å². The van der Waals surface area contributed by atoms with Crippen LogP contribution in [0.3, 0.4) is 0 Å². The fraction of sp³-hybridized carbons (Fsp3) is 0.286. The van der Waals surface area contributed by atoms with Crippen molar-refractivity contribution in [3.05, 3.63) is 36.5 Å². The van der Waals surface area contributed by atoms with Crippen LogP contribution in [-0.4, -0.2) is 36.6 Å². The van der Waals surface area contributed by atoms with E-state index < -0.39 is 10.0 Å². The van der Waals surface area contributed by atoms with Crippen molar-refractivity contribution in [1.82, 2.24) is 9.29 Å². The molecule has 0 bridgehead atoms. The van der Waals surface area contributed by atoms with Gasteiger partial charge in [-0.2, -0.15) is 4.31 Å². The van der Waals surface area contributed by atoms with Crippen LogP contribution in [0, 0.1) is 5.41 Å². The molecular formula is C14H18N4O2S. The van der Waals surface area contributed by atoms with Gasteiger partial charge in [-0.1, -0.05) is 13.0 Å². The van der Waals surface area contributed by atoms with E-state index in [9.17, 15) is 8.42 Å². The van der Waals surface area contributed by atoms with E-state index in [-0.39, 0.29) is 23.7 Å². The zero-order valence-electron chi connectivity index (χ0n) is 11.8. The Morgan fingerprint density at radius 2 is 2.10 bits per heavy atom. The molecule has 3 N–H and O–H groups in total. The summed E-state index contributed by atoms with van der Waals surface area (Å²) in [4.78, 5) is 4.41. The molecule has 0 aliphatic heterocycles. The highest BCUT2D eigenvalue weighted by Crippen LogP contribution is 2.24. The molecule has 0 atom stereocenters. The van der Waals surface area contributed by atoms with Gasteiger partial charge in [0, 0.05) is 31.1 Å². The van der Waals surface area contributed by atoms with E-state index in [1.165, 1.54) is 4.31 Å². The van der Waals surface area contributed by atoms with Crippen LogP contribution in [-0.2, 0) is 10.0 Å². The molecule has 1 aromatic heterocycles. The zero-order chi connectivity index (χ0) is 15.5. The molecule has 112 valence electrons. The number of sulfonamides is 1. The average molecular weight is 306 g/mol. The highest BCUT2D eigenvalue weighted by atomic mass is 32.2. The van der Waals surface area contributed by atoms with E-state index in [1.54, 1.807) is 43.5 Å². The minimum Gasteiger partial charge on any atom is -0.388 e. The Balaban J connectivity index is 2.47. The Bertz CT molecular complexity index is 753. The number of pyridine rings is 1. The first kappa shape index (κ1) is 15.4. The van der Waals surface area contributed by atoms with Crippen LogP contribution in [0.5, 0.6) is 0 Å². The molecule has 0 unspecified atom stereocenters. The third-order valence-electron chi connectivity index (χ3n) is 3.21. The van der Waals surface area contributed by atoms with E-state index in [1.807, 2.05) is 0 Å². The second-order valence-corrected chi connectivity index (χ2v) is 6.50. The quantitative estimate of drug-likeness (QED) is 0.625. The Kier molecular flexibility index (Phi) is 4.54. The van der Waals surface area contributed by atoms with Crippen molar-refractivity contribution in [2.24, 2.45) is 5.73 Å². The summed E-state index contributed by atoms with van der Waals surface area (Å²) in [5.74, 6) is -0.0248. The second-order valence-electron chi connectivity index (χ2n) is 4.60. The van der Waals surface area contributed by atoms with Crippen molar-refractivity contribution in [2.45, 2.75) is 18.2 Å². The van der Waals surface area contributed by atoms with Gasteiger partial charge in [-0.15, -0.1) is 0 Å². The molecule has 0 aliphatic rings. The van der Waals surface area contributed by atoms with Crippen molar-refractivity contribution in [1.29, 1.82) is 5.41 Å². The van der Waals surface area contributed by atoms with Crippen LogP contribution < -0.4 is 5.73 Å². The van der Waals surface area contributed by atoms with Gasteiger partial charge in [0.2, 0.25) is 10.0 Å². The summed E-state index contributed by atoms with van der Waals surface area (Å²) < 4.78 is 26.9. The van der Waals surface area contributed by atoms with Gasteiger partial charge in [-0.3, -0.25) is 10.4 Å². The minimum atomic E-state index is -3.63. The largest absolute Gasteiger partial charge is 0.388 e. The van der Waals surface area contributed by atoms with Gasteiger partial charge in [0.1, 0.15) is 0 Å². The maximum Gasteiger partial charge on any atom is 0.243 e. The van der Waals surface area contributed by atoms with Crippen molar-refractivity contribution >= 4 is 26.8 Å². The molecule has 6 nitrogen and oxygen atoms in total. The maximum atomic E-state index is 12.8. The summed E-state index contributed by atoms with van der Waals surface area (Å²) in [5.41, 5.74) is 5.96. The molecule has 0 radical (unpaired) electrons. The summed E-state index contributed by atoms with van der Waals surface area (Å²) in [6, 6.07) is 8.50. The second kappa shape index (κ2) is 6.19. The molecule has 0 saturated heterocycles. The van der Waals surface area contributed by atoms with Crippen LogP contribution in [0.1, 0.15) is 13.3 Å². The Hall–Kier alpha value is -1.99. The number of nitrogens with zero attached hydrogens (tertiary/aromatic N) is 2. The van der Waals surface area contributed by atoms with Gasteiger partial charge in [-0.05, 0) is 24.3 Å². The first-order valence-corrected chi connectivity index (χ1v) is 8.07. The van der Waals surface area contributed by atoms with Gasteiger partial charge in [0.25, 0.3) is 0 Å². The molecule has 0 saturated carbocycles. The highest BCUT2D eigenvalue weighted by Gasteiger charge is 2.24. The molecule has 0 aliphatic carbocycles. The van der Waals surface area contributed by atoms with E-state index in [0.717, 1.165) is 0 Å². The normalized spacial score (nSPS) is 11.9. The Labute approximate surface area is 124 Å². The Morgan fingerprint density at radius 1 is 1.33 bits per heavy atom. The number of aromatic nitrogens is 1. The number of fused-ring (bicyclic) bond motifs is 1. The highest BCUT2D eigenvalue weighted by molar-refractivity contribution is 7.89. The SMILES string of the molecule is CCN(CCC(=N)N)S(=O)(=O)c1cccc2ncccc12. The molecular weight excluding hydrogens is 288 g/mol. The number of hydrogen-bond acceptors (Lipinski definition) is 4. The summed E-state index contributed by atoms with van der Waals surface area (Å²) in [6.07, 6.45) is 1.85. The number of amidine groups is 1. The van der Waals surface area contributed by atoms with Crippen LogP contribution in [0.2, 0.25) is 0 Å². The number of rotatable bonds is 6. The lowest BCUT2D eigenvalue weighted by Crippen LogP contribution is -2.33. The molecule has 1 heterocycles. The summed E-state index contributed by atoms with van der Waals surface area (Å²) in [5, 5.41) is 7.85. The van der Waals surface area contributed by atoms with E-state index >= 15 is 0 Å². The Morgan fingerprint density at radius 3 is 2.76 bits per heavy atom. The van der Waals surface area contributed by atoms with E-state index in [2.05, 4.69) is 4.98 Å². The third kappa shape index (κ3) is 3.20. The molecule has 7 heteroatoms. The van der Waals surface area contributed by atoms with Crippen molar-refractivity contribution in [2.75, 3.05) is 13.1 Å². The van der Waals surface area contributed by atoms with Gasteiger partial charge >= 0.3 is 0 Å². The van der Waals surface area contributed by atoms with Crippen LogP contribution in [0.25, 0.3) is 10.9 Å². The van der Waals surface area contributed by atoms with Crippen LogP contribution in [0.4, 0.5) is 0 Å². The minimum absolute atomic E-state index is 0.0248. The molecule has 1 aromatic carbocycles. The standard InChI is InChI=1S/C14H18N4O2S/c1-2-18(10-8-14(15)16)21(19,20)13-7-3-6-12-11(13)5-4-9-17-12/h3-7,9H,2,8,10H2,1H3,(H3,15,16). The zero-order valence-corrected chi connectivity index (χ0v) is 12.6. The lowest BCUT2D eigenvalue weighted by Gasteiger charge is -2.21. The maximum absolute atomic E-state index is 12.8. The van der Waals surface area contributed by atoms with Crippen molar-refractivity contribution in [3.8, 4) is 0 Å². The first-order chi connectivity index (χ1) is 9.96. The number of nitrogens with one attached hydrogen (secondary N) is 1. The number of hydrogen-bond donors (Lipinski definition) is 2. The molecule has 0 amide bonds. The summed E-state index contributed by atoms with van der Waals surface area (Å²) >= 11 is 0. The lowest BCUT2D eigenvalue weighted by molar-refractivity contribution is 0.437. The fourth-order valence-electron chi connectivity index (χ4n) is 2.13. The summed E-state index contributed by atoms with van der Waals surface area (Å²) in [6.45, 7) is 2.29. The van der Waals surface area contributed by atoms with Gasteiger partial charge < -0.3 is 5.73 Å². The average Bonchev–Trinajstić information content (AvgIpc) is 2.46. The number of benzene rings is 1. The smallest absolute Gasteiger partial charge is 0.243 e. The molecule has 0 spiro atoms. The van der Waals surface area contributed by atoms with E-state index in [4.69, 9.17) is 11.1 Å². The monoisotopic (exact) mass is 306 g/mol. The molecule has 2 aromatic rings. The number of nitrogens with two attached hydrogens (primary N) is 1. The van der Waals surface area contributed by atoms with Gasteiger partial charge in [0.05, 0.1) is 16.2 Å². The predicted molar refractivity (Wildman–Crippen MR) is 82.7 cm³/mol. The lowest BCUT2D eigenvalue weighted by atomic mass is 10.2. The summed E-state index contributed by atoms with van der Waals surface area (Å²) in [7, 11) is -3.63. The van der Waals surface area contributed by atoms with Crippen molar-refractivity contribution in [3.63, 3.8) is 0 Å². The third-order valence-corrected chi connectivity index (χ3v) is 5.24. The molecule has 0 fully saturated rings. The van der Waals surface area contributed by atoms with Crippen LogP contribution in [0.15, 0.2) is 41.4 Å². The predicted octanol–water partition coefficient (Wildman–Crippen LogP) is 1.57. The fourth-order valence-corrected chi connectivity index (χ4v) is 3.78. The van der Waals surface area contributed by atoms with Crippen LogP contribution >= 0.6 is 0 Å². The first-order valence-electron chi connectivity index (χ1n) is 6.63. The molecule has 21 heavy (non-hydrogen) atoms. The topological polar surface area (TPSA) is 100 Å².